The molecule has 0 radical (unpaired) electrons. The molecule has 0 unspecified atom stereocenters. The van der Waals surface area contributed by atoms with Crippen LogP contribution in [0.4, 0.5) is 0 Å². The largest absolute Gasteiger partial charge is 0.445 e. The predicted octanol–water partition coefficient (Wildman–Crippen LogP) is 3.03. The molecule has 0 fully saturated rings. The van der Waals surface area contributed by atoms with E-state index in [2.05, 4.69) is 0 Å². The molecule has 0 amide bonds. The number of esters is 1. The molecule has 1 atom stereocenters. The SMILES string of the molecule is COP(=O)(OC)[C@H](/C=C/c1ccccc1)OC(=O)CC(C)=O. The number of rotatable bonds is 8. The summed E-state index contributed by atoms with van der Waals surface area (Å²) in [6.45, 7) is 1.27. The average molecular weight is 326 g/mol. The predicted molar refractivity (Wildman–Crippen MR) is 82.3 cm³/mol. The molecule has 0 aromatic heterocycles. The molecule has 120 valence electrons. The van der Waals surface area contributed by atoms with Crippen molar-refractivity contribution >= 4 is 25.4 Å². The normalized spacial score (nSPS) is 13.0. The second kappa shape index (κ2) is 8.63. The number of hydrogen-bond acceptors (Lipinski definition) is 6. The maximum Gasteiger partial charge on any atom is 0.374 e. The summed E-state index contributed by atoms with van der Waals surface area (Å²) in [7, 11) is -1.27. The highest BCUT2D eigenvalue weighted by Gasteiger charge is 2.35. The zero-order valence-corrected chi connectivity index (χ0v) is 13.6. The van der Waals surface area contributed by atoms with E-state index in [4.69, 9.17) is 13.8 Å². The van der Waals surface area contributed by atoms with Crippen LogP contribution >= 0.6 is 7.60 Å². The highest BCUT2D eigenvalue weighted by molar-refractivity contribution is 7.54. The summed E-state index contributed by atoms with van der Waals surface area (Å²) in [6, 6.07) is 9.19. The molecular formula is C15H19O6P. The van der Waals surface area contributed by atoms with Crippen molar-refractivity contribution < 1.29 is 27.9 Å². The third-order valence-corrected chi connectivity index (χ3v) is 4.64. The first kappa shape index (κ1) is 18.3. The van der Waals surface area contributed by atoms with E-state index in [-0.39, 0.29) is 5.78 Å². The number of Topliss-reactive ketones (excluding diaryl/α,β-unsaturated/α-hetero) is 1. The molecule has 1 rings (SSSR count). The van der Waals surface area contributed by atoms with Crippen LogP contribution in [-0.4, -0.2) is 31.8 Å². The van der Waals surface area contributed by atoms with Gasteiger partial charge in [-0.15, -0.1) is 0 Å². The molecule has 0 heterocycles. The van der Waals surface area contributed by atoms with Gasteiger partial charge in [-0.1, -0.05) is 36.4 Å². The van der Waals surface area contributed by atoms with Crippen molar-refractivity contribution in [2.24, 2.45) is 0 Å². The van der Waals surface area contributed by atoms with Gasteiger partial charge in [0.1, 0.15) is 12.2 Å². The summed E-state index contributed by atoms with van der Waals surface area (Å²) in [5, 5.41) is 0. The summed E-state index contributed by atoms with van der Waals surface area (Å²) < 4.78 is 27.2. The van der Waals surface area contributed by atoms with Crippen LogP contribution in [0.3, 0.4) is 0 Å². The van der Waals surface area contributed by atoms with Crippen LogP contribution in [0.15, 0.2) is 36.4 Å². The van der Waals surface area contributed by atoms with Crippen LogP contribution in [0.5, 0.6) is 0 Å². The van der Waals surface area contributed by atoms with Crippen molar-refractivity contribution in [3.8, 4) is 0 Å². The first-order chi connectivity index (χ1) is 10.4. The van der Waals surface area contributed by atoms with Gasteiger partial charge >= 0.3 is 13.6 Å². The lowest BCUT2D eigenvalue weighted by Gasteiger charge is -2.21. The number of benzene rings is 1. The lowest BCUT2D eigenvalue weighted by molar-refractivity contribution is -0.146. The Bertz CT molecular complexity index is 573. The van der Waals surface area contributed by atoms with Crippen LogP contribution in [-0.2, 0) is 27.9 Å². The summed E-state index contributed by atoms with van der Waals surface area (Å²) in [5.41, 5.74) is 0.828. The highest BCUT2D eigenvalue weighted by Crippen LogP contribution is 2.52. The molecule has 1 aromatic rings. The molecule has 7 heteroatoms. The molecule has 0 aliphatic carbocycles. The van der Waals surface area contributed by atoms with Gasteiger partial charge in [-0.05, 0) is 18.6 Å². The average Bonchev–Trinajstić information content (AvgIpc) is 2.50. The minimum atomic E-state index is -3.67. The van der Waals surface area contributed by atoms with Gasteiger partial charge in [0.25, 0.3) is 0 Å². The van der Waals surface area contributed by atoms with Crippen LogP contribution < -0.4 is 0 Å². The second-order valence-electron chi connectivity index (χ2n) is 4.43. The van der Waals surface area contributed by atoms with Crippen LogP contribution in [0.2, 0.25) is 0 Å². The molecule has 0 saturated heterocycles. The van der Waals surface area contributed by atoms with E-state index in [1.54, 1.807) is 6.08 Å². The van der Waals surface area contributed by atoms with E-state index in [1.807, 2.05) is 30.3 Å². The fourth-order valence-electron chi connectivity index (χ4n) is 1.63. The lowest BCUT2D eigenvalue weighted by atomic mass is 10.2. The fraction of sp³-hybridized carbons (Fsp3) is 0.333. The van der Waals surface area contributed by atoms with Gasteiger partial charge < -0.3 is 13.8 Å². The molecule has 22 heavy (non-hydrogen) atoms. The lowest BCUT2D eigenvalue weighted by Crippen LogP contribution is -2.19. The zero-order chi connectivity index (χ0) is 16.6. The molecule has 6 nitrogen and oxygen atoms in total. The van der Waals surface area contributed by atoms with E-state index < -0.39 is 25.8 Å². The summed E-state index contributed by atoms with van der Waals surface area (Å²) in [4.78, 5) is 22.6. The molecule has 0 spiro atoms. The maximum absolute atomic E-state index is 12.4. The van der Waals surface area contributed by atoms with Crippen molar-refractivity contribution in [3.63, 3.8) is 0 Å². The molecule has 1 aromatic carbocycles. The van der Waals surface area contributed by atoms with E-state index in [9.17, 15) is 14.2 Å². The molecule has 0 aliphatic heterocycles. The van der Waals surface area contributed by atoms with Crippen molar-refractivity contribution in [1.29, 1.82) is 0 Å². The van der Waals surface area contributed by atoms with E-state index in [0.29, 0.717) is 0 Å². The fourth-order valence-corrected chi connectivity index (χ4v) is 2.74. The molecule has 0 bridgehead atoms. The van der Waals surface area contributed by atoms with E-state index >= 15 is 0 Å². The van der Waals surface area contributed by atoms with Crippen LogP contribution in [0.1, 0.15) is 18.9 Å². The summed E-state index contributed by atoms with van der Waals surface area (Å²) in [5.74, 6) is -2.36. The van der Waals surface area contributed by atoms with Crippen molar-refractivity contribution in [1.82, 2.24) is 0 Å². The summed E-state index contributed by atoms with van der Waals surface area (Å²) in [6.07, 6.45) is 2.65. The van der Waals surface area contributed by atoms with Gasteiger partial charge in [0.05, 0.1) is 0 Å². The van der Waals surface area contributed by atoms with Crippen molar-refractivity contribution in [2.45, 2.75) is 19.2 Å². The van der Waals surface area contributed by atoms with Crippen LogP contribution in [0.25, 0.3) is 6.08 Å². The number of hydrogen-bond donors (Lipinski definition) is 0. The zero-order valence-electron chi connectivity index (χ0n) is 12.7. The first-order valence-electron chi connectivity index (χ1n) is 6.54. The minimum Gasteiger partial charge on any atom is -0.445 e. The van der Waals surface area contributed by atoms with Crippen LogP contribution in [0, 0.1) is 0 Å². The highest BCUT2D eigenvalue weighted by atomic mass is 31.2. The number of ketones is 1. The molecular weight excluding hydrogens is 307 g/mol. The Hall–Kier alpha value is -1.75. The third-order valence-electron chi connectivity index (χ3n) is 2.72. The maximum atomic E-state index is 12.4. The van der Waals surface area contributed by atoms with Gasteiger partial charge in [0, 0.05) is 14.2 Å². The molecule has 0 N–H and O–H groups in total. The Morgan fingerprint density at radius 3 is 2.27 bits per heavy atom. The van der Waals surface area contributed by atoms with Gasteiger partial charge in [0.15, 0.2) is 0 Å². The Balaban J connectivity index is 2.96. The number of carbonyl (C=O) groups is 2. The van der Waals surface area contributed by atoms with Crippen molar-refractivity contribution in [3.05, 3.63) is 42.0 Å². The van der Waals surface area contributed by atoms with Gasteiger partial charge in [-0.25, -0.2) is 0 Å². The van der Waals surface area contributed by atoms with Gasteiger partial charge in [-0.2, -0.15) is 0 Å². The Kier molecular flexibility index (Phi) is 7.18. The first-order valence-corrected chi connectivity index (χ1v) is 8.16. The monoisotopic (exact) mass is 326 g/mol. The smallest absolute Gasteiger partial charge is 0.374 e. The van der Waals surface area contributed by atoms with E-state index in [0.717, 1.165) is 5.56 Å². The standard InChI is InChI=1S/C15H19O6P/c1-12(16)11-14(17)21-15(22(18,19-2)20-3)10-9-13-7-5-4-6-8-13/h4-10,15H,11H2,1-3H3/b10-9+/t15-/m1/s1. The Morgan fingerprint density at radius 2 is 1.77 bits per heavy atom. The second-order valence-corrected chi connectivity index (χ2v) is 6.75. The minimum absolute atomic E-state index is 0.347. The number of ether oxygens (including phenoxy) is 1. The quantitative estimate of drug-likeness (QED) is 0.415. The molecule has 0 saturated carbocycles. The number of carbonyl (C=O) groups excluding carboxylic acids is 2. The van der Waals surface area contributed by atoms with Gasteiger partial charge in [-0.3, -0.25) is 14.2 Å². The summed E-state index contributed by atoms with van der Waals surface area (Å²) >= 11 is 0. The Morgan fingerprint density at radius 1 is 1.18 bits per heavy atom. The van der Waals surface area contributed by atoms with E-state index in [1.165, 1.54) is 27.2 Å². The van der Waals surface area contributed by atoms with Crippen molar-refractivity contribution in [2.75, 3.05) is 14.2 Å². The molecule has 0 aliphatic rings. The topological polar surface area (TPSA) is 78.9 Å². The Labute approximate surface area is 129 Å². The third kappa shape index (κ3) is 5.56. The van der Waals surface area contributed by atoms with Gasteiger partial charge in [0.2, 0.25) is 5.85 Å².